The van der Waals surface area contributed by atoms with Gasteiger partial charge in [-0.25, -0.2) is 4.98 Å². The zero-order valence-electron chi connectivity index (χ0n) is 11.4. The maximum Gasteiger partial charge on any atom is 0.271 e. The van der Waals surface area contributed by atoms with Gasteiger partial charge in [0, 0.05) is 11.4 Å². The molecular formula is C15H16ClN3OS. The summed E-state index contributed by atoms with van der Waals surface area (Å²) < 4.78 is 0. The molecule has 0 unspecified atom stereocenters. The number of amides is 1. The molecule has 1 amide bonds. The van der Waals surface area contributed by atoms with Crippen LogP contribution >= 0.6 is 22.9 Å². The minimum atomic E-state index is -0.0923. The van der Waals surface area contributed by atoms with E-state index >= 15 is 0 Å². The Kier molecular flexibility index (Phi) is 4.41. The van der Waals surface area contributed by atoms with Gasteiger partial charge < -0.3 is 10.6 Å². The molecule has 0 aliphatic heterocycles. The zero-order chi connectivity index (χ0) is 14.7. The fraction of sp³-hybridized carbons (Fsp3) is 0.333. The number of para-hydroxylation sites is 1. The van der Waals surface area contributed by atoms with Crippen molar-refractivity contribution in [3.05, 3.63) is 40.4 Å². The summed E-state index contributed by atoms with van der Waals surface area (Å²) in [5, 5.41) is 9.23. The first-order valence-corrected chi connectivity index (χ1v) is 8.26. The Balaban J connectivity index is 1.65. The third kappa shape index (κ3) is 3.54. The van der Waals surface area contributed by atoms with Gasteiger partial charge in [-0.2, -0.15) is 0 Å². The number of anilines is 2. The van der Waals surface area contributed by atoms with E-state index in [1.165, 1.54) is 24.2 Å². The van der Waals surface area contributed by atoms with Crippen molar-refractivity contribution < 1.29 is 4.79 Å². The quantitative estimate of drug-likeness (QED) is 0.886. The van der Waals surface area contributed by atoms with E-state index in [1.54, 1.807) is 5.38 Å². The summed E-state index contributed by atoms with van der Waals surface area (Å²) in [7, 11) is 0. The van der Waals surface area contributed by atoms with E-state index in [9.17, 15) is 4.79 Å². The zero-order valence-corrected chi connectivity index (χ0v) is 13.0. The number of hydrogen-bond donors (Lipinski definition) is 2. The Morgan fingerprint density at radius 3 is 2.81 bits per heavy atom. The maximum absolute atomic E-state index is 12.1. The molecule has 1 saturated carbocycles. The molecule has 1 aromatic carbocycles. The van der Waals surface area contributed by atoms with Crippen LogP contribution in [-0.2, 0) is 0 Å². The molecule has 110 valence electrons. The Morgan fingerprint density at radius 2 is 2.05 bits per heavy atom. The second-order valence-electron chi connectivity index (χ2n) is 5.10. The van der Waals surface area contributed by atoms with E-state index in [4.69, 9.17) is 11.6 Å². The molecule has 0 spiro atoms. The summed E-state index contributed by atoms with van der Waals surface area (Å²) in [5.41, 5.74) is 1.25. The van der Waals surface area contributed by atoms with Crippen molar-refractivity contribution in [3.8, 4) is 0 Å². The molecule has 1 aliphatic rings. The van der Waals surface area contributed by atoms with Gasteiger partial charge in [-0.05, 0) is 25.0 Å². The average molecular weight is 322 g/mol. The molecule has 1 aromatic heterocycles. The van der Waals surface area contributed by atoms with Crippen LogP contribution in [0.3, 0.4) is 0 Å². The van der Waals surface area contributed by atoms with Crippen molar-refractivity contribution in [2.75, 3.05) is 5.32 Å². The van der Waals surface area contributed by atoms with Crippen molar-refractivity contribution in [1.29, 1.82) is 0 Å². The van der Waals surface area contributed by atoms with E-state index in [2.05, 4.69) is 15.6 Å². The number of aromatic nitrogens is 1. The van der Waals surface area contributed by atoms with Crippen LogP contribution in [0, 0.1) is 0 Å². The molecule has 2 N–H and O–H groups in total. The molecule has 2 aromatic rings. The lowest BCUT2D eigenvalue weighted by atomic mass is 10.2. The van der Waals surface area contributed by atoms with Gasteiger partial charge in [-0.15, -0.1) is 11.3 Å². The molecule has 1 fully saturated rings. The number of halogens is 1. The summed E-state index contributed by atoms with van der Waals surface area (Å²) in [6, 6.07) is 7.76. The average Bonchev–Trinajstić information content (AvgIpc) is 3.13. The number of nitrogens with zero attached hydrogens (tertiary/aromatic N) is 1. The number of nitrogens with one attached hydrogen (secondary N) is 2. The van der Waals surface area contributed by atoms with Crippen molar-refractivity contribution in [2.24, 2.45) is 0 Å². The van der Waals surface area contributed by atoms with Crippen LogP contribution in [0.4, 0.5) is 10.8 Å². The minimum absolute atomic E-state index is 0.0923. The standard InChI is InChI=1S/C15H16ClN3OS/c16-11-7-3-4-8-12(11)18-15-19-13(9-21-15)14(20)17-10-5-1-2-6-10/h3-4,7-10H,1-2,5-6H2,(H,17,20)(H,18,19). The number of hydrogen-bond acceptors (Lipinski definition) is 4. The predicted octanol–water partition coefficient (Wildman–Crippen LogP) is 4.21. The van der Waals surface area contributed by atoms with Crippen molar-refractivity contribution in [1.82, 2.24) is 10.3 Å². The highest BCUT2D eigenvalue weighted by atomic mass is 35.5. The Hall–Kier alpha value is -1.59. The van der Waals surface area contributed by atoms with Crippen LogP contribution < -0.4 is 10.6 Å². The lowest BCUT2D eigenvalue weighted by molar-refractivity contribution is 0.0933. The molecule has 4 nitrogen and oxygen atoms in total. The lowest BCUT2D eigenvalue weighted by Crippen LogP contribution is -2.32. The van der Waals surface area contributed by atoms with Gasteiger partial charge in [-0.3, -0.25) is 4.79 Å². The summed E-state index contributed by atoms with van der Waals surface area (Å²) in [6.07, 6.45) is 4.53. The predicted molar refractivity (Wildman–Crippen MR) is 86.6 cm³/mol. The van der Waals surface area contributed by atoms with Gasteiger partial charge in [0.05, 0.1) is 10.7 Å². The second kappa shape index (κ2) is 6.45. The third-order valence-electron chi connectivity index (χ3n) is 3.54. The topological polar surface area (TPSA) is 54.0 Å². The molecule has 21 heavy (non-hydrogen) atoms. The largest absolute Gasteiger partial charge is 0.348 e. The van der Waals surface area contributed by atoms with Gasteiger partial charge in [0.15, 0.2) is 5.13 Å². The van der Waals surface area contributed by atoms with E-state index in [-0.39, 0.29) is 5.91 Å². The Bertz CT molecular complexity index is 637. The van der Waals surface area contributed by atoms with E-state index in [0.717, 1.165) is 18.5 Å². The first kappa shape index (κ1) is 14.4. The number of carbonyl (C=O) groups is 1. The molecule has 0 saturated heterocycles. The monoisotopic (exact) mass is 321 g/mol. The summed E-state index contributed by atoms with van der Waals surface area (Å²) in [6.45, 7) is 0. The molecule has 6 heteroatoms. The molecule has 0 radical (unpaired) electrons. The van der Waals surface area contributed by atoms with Gasteiger partial charge in [0.2, 0.25) is 0 Å². The second-order valence-corrected chi connectivity index (χ2v) is 6.36. The fourth-order valence-corrected chi connectivity index (χ4v) is 3.33. The third-order valence-corrected chi connectivity index (χ3v) is 4.63. The van der Waals surface area contributed by atoms with Crippen LogP contribution in [0.25, 0.3) is 0 Å². The van der Waals surface area contributed by atoms with E-state index < -0.39 is 0 Å². The van der Waals surface area contributed by atoms with Crippen LogP contribution in [-0.4, -0.2) is 16.9 Å². The summed E-state index contributed by atoms with van der Waals surface area (Å²) >= 11 is 7.49. The van der Waals surface area contributed by atoms with Gasteiger partial charge in [-0.1, -0.05) is 36.6 Å². The lowest BCUT2D eigenvalue weighted by Gasteiger charge is -2.10. The highest BCUT2D eigenvalue weighted by Gasteiger charge is 2.19. The summed E-state index contributed by atoms with van der Waals surface area (Å²) in [5.74, 6) is -0.0923. The molecule has 3 rings (SSSR count). The van der Waals surface area contributed by atoms with Crippen LogP contribution in [0.1, 0.15) is 36.2 Å². The summed E-state index contributed by atoms with van der Waals surface area (Å²) in [4.78, 5) is 16.4. The van der Waals surface area contributed by atoms with Crippen molar-refractivity contribution in [3.63, 3.8) is 0 Å². The number of rotatable bonds is 4. The first-order chi connectivity index (χ1) is 10.2. The fourth-order valence-electron chi connectivity index (χ4n) is 2.44. The van der Waals surface area contributed by atoms with Crippen LogP contribution in [0.5, 0.6) is 0 Å². The smallest absolute Gasteiger partial charge is 0.271 e. The Morgan fingerprint density at radius 1 is 1.29 bits per heavy atom. The van der Waals surface area contributed by atoms with Crippen molar-refractivity contribution >= 4 is 39.7 Å². The highest BCUT2D eigenvalue weighted by molar-refractivity contribution is 7.14. The highest BCUT2D eigenvalue weighted by Crippen LogP contribution is 2.27. The maximum atomic E-state index is 12.1. The minimum Gasteiger partial charge on any atom is -0.348 e. The number of carbonyl (C=O) groups excluding carboxylic acids is 1. The molecular weight excluding hydrogens is 306 g/mol. The van der Waals surface area contributed by atoms with E-state index in [1.807, 2.05) is 24.3 Å². The van der Waals surface area contributed by atoms with Crippen LogP contribution in [0.15, 0.2) is 29.6 Å². The van der Waals surface area contributed by atoms with Gasteiger partial charge >= 0.3 is 0 Å². The molecule has 0 bridgehead atoms. The number of benzene rings is 1. The Labute approximate surface area is 132 Å². The molecule has 1 aliphatic carbocycles. The first-order valence-electron chi connectivity index (χ1n) is 7.00. The number of thiazole rings is 1. The van der Waals surface area contributed by atoms with E-state index in [0.29, 0.717) is 21.9 Å². The van der Waals surface area contributed by atoms with Crippen molar-refractivity contribution in [2.45, 2.75) is 31.7 Å². The van der Waals surface area contributed by atoms with Gasteiger partial charge in [0.1, 0.15) is 5.69 Å². The normalized spacial score (nSPS) is 15.1. The molecule has 1 heterocycles. The van der Waals surface area contributed by atoms with Gasteiger partial charge in [0.25, 0.3) is 5.91 Å². The van der Waals surface area contributed by atoms with Crippen LogP contribution in [0.2, 0.25) is 5.02 Å². The molecule has 0 atom stereocenters. The SMILES string of the molecule is O=C(NC1CCCC1)c1csc(Nc2ccccc2Cl)n1.